The number of para-hydroxylation sites is 2. The summed E-state index contributed by atoms with van der Waals surface area (Å²) in [4.78, 5) is 2.52. The highest BCUT2D eigenvalue weighted by Crippen LogP contribution is 2.44. The Morgan fingerprint density at radius 1 is 0.552 bits per heavy atom. The molecule has 11 aromatic rings. The lowest BCUT2D eigenvalue weighted by Gasteiger charge is -2.33. The molecule has 0 saturated carbocycles. The van der Waals surface area contributed by atoms with Crippen LogP contribution in [0.2, 0.25) is 0 Å². The quantitative estimate of drug-likeness (QED) is 0.168. The molecule has 0 saturated heterocycles. The van der Waals surface area contributed by atoms with Crippen molar-refractivity contribution in [1.29, 1.82) is 0 Å². The predicted octanol–water partition coefficient (Wildman–Crippen LogP) is 15.3. The molecule has 1 unspecified atom stereocenters. The molecular weight excluding hydrogens is 725 g/mol. The summed E-state index contributed by atoms with van der Waals surface area (Å²) in [5.41, 5.74) is 12.5. The molecule has 12 rings (SSSR count). The van der Waals surface area contributed by atoms with Crippen molar-refractivity contribution in [2.45, 2.75) is 12.5 Å². The largest absolute Gasteiger partial charge is 0.455 e. The second-order valence-electron chi connectivity index (χ2n) is 15.2. The summed E-state index contributed by atoms with van der Waals surface area (Å²) in [5, 5.41) is 7.25. The number of anilines is 2. The maximum atomic E-state index is 6.66. The van der Waals surface area contributed by atoms with Crippen molar-refractivity contribution < 1.29 is 4.42 Å². The van der Waals surface area contributed by atoms with Gasteiger partial charge in [-0.05, 0) is 95.4 Å². The third-order valence-electron chi connectivity index (χ3n) is 11.9. The zero-order chi connectivity index (χ0) is 38.2. The maximum absolute atomic E-state index is 6.66. The van der Waals surface area contributed by atoms with Gasteiger partial charge in [-0.25, -0.2) is 0 Å². The van der Waals surface area contributed by atoms with Crippen molar-refractivity contribution in [2.24, 2.45) is 0 Å². The number of benzene rings is 8. The van der Waals surface area contributed by atoms with Crippen LogP contribution < -0.4 is 4.90 Å². The number of aromatic nitrogens is 1. The van der Waals surface area contributed by atoms with Crippen LogP contribution in [-0.4, -0.2) is 10.6 Å². The van der Waals surface area contributed by atoms with E-state index in [9.17, 15) is 0 Å². The molecule has 0 N–H and O–H groups in total. The van der Waals surface area contributed by atoms with Crippen LogP contribution in [0.5, 0.6) is 0 Å². The molecule has 0 aliphatic heterocycles. The SMILES string of the molecule is C1=CC(N(c2ccc(-c3ccccc3)cc2)c2ccc3c4c5oc6ccccc6c5ccc4n(-c4ccccc4)c3c2)CC=C1c1cccc2c1sc1ccccc12. The second kappa shape index (κ2) is 13.2. The highest BCUT2D eigenvalue weighted by molar-refractivity contribution is 7.26. The summed E-state index contributed by atoms with van der Waals surface area (Å²) in [6.07, 6.45) is 8.05. The molecule has 4 heteroatoms. The molecule has 3 heterocycles. The number of fused-ring (bicyclic) bond motifs is 10. The molecule has 0 spiro atoms. The third kappa shape index (κ3) is 5.19. The van der Waals surface area contributed by atoms with E-state index in [2.05, 4.69) is 204 Å². The van der Waals surface area contributed by atoms with E-state index in [1.807, 2.05) is 17.4 Å². The topological polar surface area (TPSA) is 21.3 Å². The Morgan fingerprint density at radius 3 is 2.09 bits per heavy atom. The van der Waals surface area contributed by atoms with E-state index in [4.69, 9.17) is 4.42 Å². The first-order valence-corrected chi connectivity index (χ1v) is 20.8. The maximum Gasteiger partial charge on any atom is 0.145 e. The lowest BCUT2D eigenvalue weighted by Crippen LogP contribution is -2.30. The lowest BCUT2D eigenvalue weighted by atomic mass is 9.94. The van der Waals surface area contributed by atoms with Crippen molar-refractivity contribution in [3.8, 4) is 16.8 Å². The number of allylic oxidation sites excluding steroid dienone is 2. The average molecular weight is 761 g/mol. The standard InChI is InChI=1S/C54H36N2OS/c1-3-12-35(13-4-1)36-22-26-39(27-23-36)55(40-28-24-37(25-29-40)42-18-11-19-46-44-17-8-10-21-51(44)58-54(42)46)41-30-31-47-49(34-41)56(38-14-5-2-6-15-38)48-33-32-45-43-16-7-9-20-50(43)57-53(45)52(47)48/h1-28,30-34,40H,29H2. The predicted molar refractivity (Wildman–Crippen MR) is 247 cm³/mol. The van der Waals surface area contributed by atoms with Gasteiger partial charge >= 0.3 is 0 Å². The number of nitrogens with zero attached hydrogens (tertiary/aromatic N) is 2. The summed E-state index contributed by atoms with van der Waals surface area (Å²) in [6.45, 7) is 0. The summed E-state index contributed by atoms with van der Waals surface area (Å²) < 4.78 is 11.7. The number of rotatable bonds is 6. The molecule has 1 atom stereocenters. The first kappa shape index (κ1) is 33.0. The molecule has 1 aliphatic carbocycles. The van der Waals surface area contributed by atoms with E-state index in [-0.39, 0.29) is 6.04 Å². The van der Waals surface area contributed by atoms with E-state index in [0.29, 0.717) is 0 Å². The van der Waals surface area contributed by atoms with Crippen molar-refractivity contribution in [1.82, 2.24) is 4.57 Å². The molecule has 0 bridgehead atoms. The van der Waals surface area contributed by atoms with Crippen molar-refractivity contribution in [2.75, 3.05) is 4.90 Å². The smallest absolute Gasteiger partial charge is 0.145 e. The highest BCUT2D eigenvalue weighted by Gasteiger charge is 2.25. The van der Waals surface area contributed by atoms with E-state index in [1.54, 1.807) is 0 Å². The Hall–Kier alpha value is -7.14. The molecule has 0 radical (unpaired) electrons. The molecule has 58 heavy (non-hydrogen) atoms. The van der Waals surface area contributed by atoms with Crippen LogP contribution in [0.3, 0.4) is 0 Å². The average Bonchev–Trinajstić information content (AvgIpc) is 3.97. The van der Waals surface area contributed by atoms with Crippen LogP contribution >= 0.6 is 11.3 Å². The zero-order valence-corrected chi connectivity index (χ0v) is 32.4. The molecule has 1 aliphatic rings. The van der Waals surface area contributed by atoms with Crippen LogP contribution in [0.15, 0.2) is 205 Å². The second-order valence-corrected chi connectivity index (χ2v) is 16.2. The molecule has 3 nitrogen and oxygen atoms in total. The van der Waals surface area contributed by atoms with E-state index in [1.165, 1.54) is 47.8 Å². The molecule has 3 aromatic heterocycles. The van der Waals surface area contributed by atoms with E-state index >= 15 is 0 Å². The van der Waals surface area contributed by atoms with Gasteiger partial charge in [0, 0.05) is 53.4 Å². The van der Waals surface area contributed by atoms with Crippen LogP contribution in [0.25, 0.3) is 86.3 Å². The van der Waals surface area contributed by atoms with Gasteiger partial charge in [-0.2, -0.15) is 0 Å². The van der Waals surface area contributed by atoms with Gasteiger partial charge in [0.25, 0.3) is 0 Å². The minimum atomic E-state index is 0.0991. The summed E-state index contributed by atoms with van der Waals surface area (Å²) in [6, 6.07) is 65.8. The molecule has 0 fully saturated rings. The number of furan rings is 1. The van der Waals surface area contributed by atoms with Crippen LogP contribution in [0.4, 0.5) is 11.4 Å². The Morgan fingerprint density at radius 2 is 1.26 bits per heavy atom. The van der Waals surface area contributed by atoms with E-state index < -0.39 is 0 Å². The molecule has 0 amide bonds. The number of hydrogen-bond donors (Lipinski definition) is 0. The Labute approximate surface area is 339 Å². The van der Waals surface area contributed by atoms with Crippen molar-refractivity contribution >= 4 is 92.2 Å². The first-order valence-electron chi connectivity index (χ1n) is 19.9. The van der Waals surface area contributed by atoms with Crippen LogP contribution in [0.1, 0.15) is 12.0 Å². The highest BCUT2D eigenvalue weighted by atomic mass is 32.1. The molecular formula is C54H36N2OS. The third-order valence-corrected chi connectivity index (χ3v) is 13.1. The minimum absolute atomic E-state index is 0.0991. The van der Waals surface area contributed by atoms with Crippen molar-refractivity contribution in [3.63, 3.8) is 0 Å². The summed E-state index contributed by atoms with van der Waals surface area (Å²) in [7, 11) is 0. The monoisotopic (exact) mass is 760 g/mol. The van der Waals surface area contributed by atoms with Crippen LogP contribution in [0, 0.1) is 0 Å². The van der Waals surface area contributed by atoms with Crippen molar-refractivity contribution in [3.05, 3.63) is 206 Å². The number of hydrogen-bond acceptors (Lipinski definition) is 3. The van der Waals surface area contributed by atoms with Gasteiger partial charge in [0.05, 0.1) is 22.5 Å². The van der Waals surface area contributed by atoms with E-state index in [0.717, 1.165) is 61.8 Å². The zero-order valence-electron chi connectivity index (χ0n) is 31.5. The normalized spacial score (nSPS) is 14.3. The van der Waals surface area contributed by atoms with Gasteiger partial charge in [0.2, 0.25) is 0 Å². The Kier molecular flexibility index (Phi) is 7.54. The number of thiophene rings is 1. The van der Waals surface area contributed by atoms with Gasteiger partial charge < -0.3 is 13.9 Å². The fourth-order valence-corrected chi connectivity index (χ4v) is 10.5. The van der Waals surface area contributed by atoms with Gasteiger partial charge in [-0.3, -0.25) is 0 Å². The van der Waals surface area contributed by atoms with Gasteiger partial charge in [0.1, 0.15) is 11.2 Å². The van der Waals surface area contributed by atoms with Crippen LogP contribution in [-0.2, 0) is 0 Å². The van der Waals surface area contributed by atoms with Gasteiger partial charge in [0.15, 0.2) is 0 Å². The molecule has 8 aromatic carbocycles. The minimum Gasteiger partial charge on any atom is -0.455 e. The Bertz CT molecular complexity index is 3420. The lowest BCUT2D eigenvalue weighted by molar-refractivity contribution is 0.673. The Balaban J connectivity index is 1.02. The summed E-state index contributed by atoms with van der Waals surface area (Å²) in [5.74, 6) is 0. The van der Waals surface area contributed by atoms with Gasteiger partial charge in [-0.1, -0.05) is 133 Å². The van der Waals surface area contributed by atoms with Gasteiger partial charge in [-0.15, -0.1) is 11.3 Å². The first-order chi connectivity index (χ1) is 28.8. The summed E-state index contributed by atoms with van der Waals surface area (Å²) >= 11 is 1.89. The fraction of sp³-hybridized carbons (Fsp3) is 0.0370. The molecule has 274 valence electrons. The fourth-order valence-electron chi connectivity index (χ4n) is 9.23.